The maximum absolute atomic E-state index is 9.95. The second-order valence-corrected chi connectivity index (χ2v) is 1.75. The molecule has 0 bridgehead atoms. The van der Waals surface area contributed by atoms with Crippen molar-refractivity contribution >= 4 is 12.5 Å². The van der Waals surface area contributed by atoms with Crippen LogP contribution in [0.4, 0.5) is 0 Å². The Labute approximate surface area is 53.7 Å². The predicted octanol–water partition coefficient (Wildman–Crippen LogP) is 0.0429. The highest BCUT2D eigenvalue weighted by Crippen LogP contribution is 1.91. The third-order valence-electron chi connectivity index (χ3n) is 1.06. The molecule has 1 rings (SSSR count). The van der Waals surface area contributed by atoms with Gasteiger partial charge in [0, 0.05) is 12.4 Å². The lowest BCUT2D eigenvalue weighted by Crippen LogP contribution is -2.21. The first kappa shape index (κ1) is 6.01. The van der Waals surface area contributed by atoms with E-state index in [9.17, 15) is 4.79 Å². The predicted molar refractivity (Wildman–Crippen MR) is 35.3 cm³/mol. The zero-order chi connectivity index (χ0) is 6.53. The van der Waals surface area contributed by atoms with E-state index in [0.29, 0.717) is 13.2 Å². The van der Waals surface area contributed by atoms with Gasteiger partial charge in [0.2, 0.25) is 0 Å². The maximum Gasteiger partial charge on any atom is 0.139 e. The minimum Gasteiger partial charge on any atom is -0.351 e. The Bertz CT molecular complexity index is 149. The monoisotopic (exact) mass is 124 g/mol. The summed E-state index contributed by atoms with van der Waals surface area (Å²) in [5.41, 5.74) is 0. The first-order valence-corrected chi connectivity index (χ1v) is 2.78. The molecule has 0 spiro atoms. The van der Waals surface area contributed by atoms with Gasteiger partial charge in [0.1, 0.15) is 13.0 Å². The van der Waals surface area contributed by atoms with Crippen molar-refractivity contribution in [1.82, 2.24) is 4.90 Å². The number of rotatable bonds is 2. The summed E-state index contributed by atoms with van der Waals surface area (Å²) in [4.78, 5) is 15.7. The van der Waals surface area contributed by atoms with Crippen LogP contribution in [0.5, 0.6) is 0 Å². The lowest BCUT2D eigenvalue weighted by Gasteiger charge is -2.15. The number of allylic oxidation sites excluding steroid dienone is 1. The maximum atomic E-state index is 9.95. The molecule has 48 valence electrons. The third kappa shape index (κ3) is 1.68. The van der Waals surface area contributed by atoms with Gasteiger partial charge in [0.05, 0.1) is 6.54 Å². The van der Waals surface area contributed by atoms with Crippen LogP contribution in [0.15, 0.2) is 17.3 Å². The van der Waals surface area contributed by atoms with Crippen LogP contribution in [0.1, 0.15) is 0 Å². The fourth-order valence-corrected chi connectivity index (χ4v) is 0.635. The standard InChI is InChI=1S/C6H8N2O/c9-5-4-8-3-1-2-7-6-8/h1-3,5H,4,6H2. The molecule has 3 nitrogen and oxygen atoms in total. The number of carbonyl (C=O) groups excluding carboxylic acids is 1. The average molecular weight is 124 g/mol. The van der Waals surface area contributed by atoms with Crippen LogP contribution in [0.3, 0.4) is 0 Å². The van der Waals surface area contributed by atoms with E-state index in [1.165, 1.54) is 0 Å². The second-order valence-electron chi connectivity index (χ2n) is 1.75. The largest absolute Gasteiger partial charge is 0.351 e. The molecule has 0 N–H and O–H groups in total. The number of aliphatic imine (C=N–C) groups is 1. The Kier molecular flexibility index (Phi) is 2.01. The summed E-state index contributed by atoms with van der Waals surface area (Å²) in [7, 11) is 0. The average Bonchev–Trinajstić information content (AvgIpc) is 1.91. The molecule has 0 saturated heterocycles. The molecule has 0 atom stereocenters. The highest BCUT2D eigenvalue weighted by molar-refractivity contribution is 5.71. The quantitative estimate of drug-likeness (QED) is 0.487. The van der Waals surface area contributed by atoms with Crippen LogP contribution >= 0.6 is 0 Å². The van der Waals surface area contributed by atoms with E-state index in [2.05, 4.69) is 4.99 Å². The molecule has 1 aliphatic rings. The Morgan fingerprint density at radius 2 is 2.67 bits per heavy atom. The highest BCUT2D eigenvalue weighted by atomic mass is 16.1. The molecule has 3 heteroatoms. The van der Waals surface area contributed by atoms with Crippen molar-refractivity contribution in [2.45, 2.75) is 0 Å². The SMILES string of the molecule is O=CCN1C=CC=NC1. The van der Waals surface area contributed by atoms with Crippen LogP contribution in [-0.2, 0) is 4.79 Å². The molecule has 0 aromatic heterocycles. The van der Waals surface area contributed by atoms with Gasteiger partial charge in [-0.15, -0.1) is 0 Å². The molecule has 0 aromatic carbocycles. The van der Waals surface area contributed by atoms with E-state index in [4.69, 9.17) is 0 Å². The Morgan fingerprint density at radius 1 is 1.78 bits per heavy atom. The van der Waals surface area contributed by atoms with E-state index in [1.54, 1.807) is 6.21 Å². The van der Waals surface area contributed by atoms with Crippen LogP contribution in [0.25, 0.3) is 0 Å². The summed E-state index contributed by atoms with van der Waals surface area (Å²) in [6.45, 7) is 1.04. The molecule has 0 unspecified atom stereocenters. The van der Waals surface area contributed by atoms with Gasteiger partial charge < -0.3 is 9.69 Å². The summed E-state index contributed by atoms with van der Waals surface area (Å²) < 4.78 is 0. The fraction of sp³-hybridized carbons (Fsp3) is 0.333. The van der Waals surface area contributed by atoms with Crippen molar-refractivity contribution in [3.05, 3.63) is 12.3 Å². The van der Waals surface area contributed by atoms with Crippen molar-refractivity contribution < 1.29 is 4.79 Å². The first-order chi connectivity index (χ1) is 4.43. The number of carbonyl (C=O) groups is 1. The topological polar surface area (TPSA) is 32.7 Å². The van der Waals surface area contributed by atoms with Gasteiger partial charge >= 0.3 is 0 Å². The number of hydrogen-bond donors (Lipinski definition) is 0. The van der Waals surface area contributed by atoms with Gasteiger partial charge in [-0.1, -0.05) is 0 Å². The van der Waals surface area contributed by atoms with Crippen LogP contribution in [-0.4, -0.2) is 30.6 Å². The summed E-state index contributed by atoms with van der Waals surface area (Å²) in [6.07, 6.45) is 6.25. The molecule has 0 radical (unpaired) electrons. The molecule has 1 heterocycles. The molecule has 0 amide bonds. The van der Waals surface area contributed by atoms with Crippen molar-refractivity contribution in [3.63, 3.8) is 0 Å². The zero-order valence-electron chi connectivity index (χ0n) is 5.03. The smallest absolute Gasteiger partial charge is 0.139 e. The van der Waals surface area contributed by atoms with Crippen molar-refractivity contribution in [1.29, 1.82) is 0 Å². The van der Waals surface area contributed by atoms with Crippen LogP contribution in [0.2, 0.25) is 0 Å². The number of aldehydes is 1. The second kappa shape index (κ2) is 3.02. The molecule has 1 aliphatic heterocycles. The van der Waals surface area contributed by atoms with E-state index in [0.717, 1.165) is 6.29 Å². The van der Waals surface area contributed by atoms with E-state index in [-0.39, 0.29) is 0 Å². The zero-order valence-corrected chi connectivity index (χ0v) is 5.03. The highest BCUT2D eigenvalue weighted by Gasteiger charge is 1.95. The number of nitrogens with zero attached hydrogens (tertiary/aromatic N) is 2. The summed E-state index contributed by atoms with van der Waals surface area (Å²) in [5.74, 6) is 0. The molecule has 0 fully saturated rings. The molecule has 0 saturated carbocycles. The normalized spacial score (nSPS) is 16.2. The molecule has 0 aliphatic carbocycles. The van der Waals surface area contributed by atoms with Gasteiger partial charge in [-0.3, -0.25) is 4.99 Å². The number of hydrogen-bond acceptors (Lipinski definition) is 3. The van der Waals surface area contributed by atoms with Crippen LogP contribution in [0, 0.1) is 0 Å². The Hall–Kier alpha value is -1.12. The fourth-order valence-electron chi connectivity index (χ4n) is 0.635. The van der Waals surface area contributed by atoms with Crippen LogP contribution < -0.4 is 0 Å². The molecule has 9 heavy (non-hydrogen) atoms. The van der Waals surface area contributed by atoms with Gasteiger partial charge in [-0.2, -0.15) is 0 Å². The Balaban J connectivity index is 2.36. The third-order valence-corrected chi connectivity index (χ3v) is 1.06. The van der Waals surface area contributed by atoms with E-state index >= 15 is 0 Å². The van der Waals surface area contributed by atoms with Crippen molar-refractivity contribution in [2.75, 3.05) is 13.2 Å². The Morgan fingerprint density at radius 3 is 3.22 bits per heavy atom. The summed E-state index contributed by atoms with van der Waals surface area (Å²) in [6, 6.07) is 0. The van der Waals surface area contributed by atoms with Gasteiger partial charge in [0.25, 0.3) is 0 Å². The van der Waals surface area contributed by atoms with Crippen molar-refractivity contribution in [3.8, 4) is 0 Å². The summed E-state index contributed by atoms with van der Waals surface area (Å²) >= 11 is 0. The van der Waals surface area contributed by atoms with Gasteiger partial charge in [-0.25, -0.2) is 0 Å². The molecular formula is C6H8N2O. The lowest BCUT2D eigenvalue weighted by atomic mass is 10.5. The van der Waals surface area contributed by atoms with Gasteiger partial charge in [-0.05, 0) is 6.08 Å². The van der Waals surface area contributed by atoms with E-state index < -0.39 is 0 Å². The van der Waals surface area contributed by atoms with Crippen molar-refractivity contribution in [2.24, 2.45) is 4.99 Å². The molecular weight excluding hydrogens is 116 g/mol. The minimum absolute atomic E-state index is 0.438. The van der Waals surface area contributed by atoms with E-state index in [1.807, 2.05) is 17.2 Å². The summed E-state index contributed by atoms with van der Waals surface area (Å²) in [5, 5.41) is 0. The first-order valence-electron chi connectivity index (χ1n) is 2.78. The van der Waals surface area contributed by atoms with Gasteiger partial charge in [0.15, 0.2) is 0 Å². The molecule has 0 aromatic rings. The minimum atomic E-state index is 0.438. The lowest BCUT2D eigenvalue weighted by molar-refractivity contribution is -0.108.